The van der Waals surface area contributed by atoms with Crippen LogP contribution >= 0.6 is 11.3 Å². The molecule has 0 saturated carbocycles. The first-order valence-corrected chi connectivity index (χ1v) is 7.00. The summed E-state index contributed by atoms with van der Waals surface area (Å²) in [6, 6.07) is 1.89. The molecule has 1 amide bonds. The minimum atomic E-state index is -0.355. The summed E-state index contributed by atoms with van der Waals surface area (Å²) < 4.78 is 5.69. The summed E-state index contributed by atoms with van der Waals surface area (Å²) in [6.45, 7) is 8.95. The molecule has 18 heavy (non-hydrogen) atoms. The van der Waals surface area contributed by atoms with E-state index >= 15 is 0 Å². The van der Waals surface area contributed by atoms with Gasteiger partial charge in [-0.25, -0.2) is 0 Å². The fraction of sp³-hybridized carbons (Fsp3) is 0.615. The number of thiophene rings is 1. The topological polar surface area (TPSA) is 55.6 Å². The van der Waals surface area contributed by atoms with E-state index in [1.54, 1.807) is 11.3 Å². The van der Waals surface area contributed by atoms with E-state index in [4.69, 9.17) is 10.5 Å². The number of nitrogens with two attached hydrogens (primary N) is 1. The quantitative estimate of drug-likeness (QED) is 0.910. The van der Waals surface area contributed by atoms with Gasteiger partial charge in [0.05, 0.1) is 18.3 Å². The Morgan fingerprint density at radius 3 is 3.00 bits per heavy atom. The lowest BCUT2D eigenvalue weighted by Crippen LogP contribution is -2.54. The first kappa shape index (κ1) is 13.5. The van der Waals surface area contributed by atoms with Crippen molar-refractivity contribution in [1.82, 2.24) is 4.90 Å². The summed E-state index contributed by atoms with van der Waals surface area (Å²) in [5.41, 5.74) is 5.91. The van der Waals surface area contributed by atoms with Gasteiger partial charge in [-0.05, 0) is 26.8 Å². The zero-order chi connectivity index (χ0) is 13.3. The van der Waals surface area contributed by atoms with Crippen LogP contribution in [-0.2, 0) is 11.3 Å². The molecule has 1 fully saturated rings. The maximum absolute atomic E-state index is 11.1. The SMILES string of the molecule is CC1CN(Cc2cc(C(N)=O)cs2)C(C)(C)CO1. The zero-order valence-electron chi connectivity index (χ0n) is 11.1. The number of ether oxygens (including phenoxy) is 1. The molecule has 0 spiro atoms. The van der Waals surface area contributed by atoms with Crippen LogP contribution in [0, 0.1) is 0 Å². The number of hydrogen-bond donors (Lipinski definition) is 1. The van der Waals surface area contributed by atoms with Crippen LogP contribution in [0.3, 0.4) is 0 Å². The fourth-order valence-electron chi connectivity index (χ4n) is 2.11. The monoisotopic (exact) mass is 268 g/mol. The van der Waals surface area contributed by atoms with E-state index in [0.29, 0.717) is 5.56 Å². The second-order valence-electron chi connectivity index (χ2n) is 5.48. The molecule has 1 atom stereocenters. The molecular formula is C13H20N2O2S. The summed E-state index contributed by atoms with van der Waals surface area (Å²) >= 11 is 1.59. The van der Waals surface area contributed by atoms with Crippen molar-refractivity contribution in [2.45, 2.75) is 39.0 Å². The van der Waals surface area contributed by atoms with Crippen molar-refractivity contribution in [2.24, 2.45) is 5.73 Å². The minimum Gasteiger partial charge on any atom is -0.375 e. The lowest BCUT2D eigenvalue weighted by Gasteiger charge is -2.44. The molecule has 1 aliphatic rings. The van der Waals surface area contributed by atoms with Crippen molar-refractivity contribution < 1.29 is 9.53 Å². The van der Waals surface area contributed by atoms with Crippen LogP contribution in [0.25, 0.3) is 0 Å². The second kappa shape index (κ2) is 4.99. The van der Waals surface area contributed by atoms with Crippen LogP contribution in [0.4, 0.5) is 0 Å². The van der Waals surface area contributed by atoms with Gasteiger partial charge in [0.1, 0.15) is 0 Å². The first-order chi connectivity index (χ1) is 8.38. The van der Waals surface area contributed by atoms with Crippen LogP contribution in [0.1, 0.15) is 36.0 Å². The molecule has 0 aromatic carbocycles. The highest BCUT2D eigenvalue weighted by Gasteiger charge is 2.33. The van der Waals surface area contributed by atoms with Gasteiger partial charge < -0.3 is 10.5 Å². The number of rotatable bonds is 3. The highest BCUT2D eigenvalue weighted by molar-refractivity contribution is 7.10. The van der Waals surface area contributed by atoms with Crippen LogP contribution in [0.2, 0.25) is 0 Å². The maximum Gasteiger partial charge on any atom is 0.249 e. The summed E-state index contributed by atoms with van der Waals surface area (Å²) in [5.74, 6) is -0.355. The number of morpholine rings is 1. The van der Waals surface area contributed by atoms with E-state index in [9.17, 15) is 4.79 Å². The van der Waals surface area contributed by atoms with E-state index in [1.807, 2.05) is 11.4 Å². The van der Waals surface area contributed by atoms with Gasteiger partial charge in [-0.2, -0.15) is 0 Å². The van der Waals surface area contributed by atoms with Gasteiger partial charge in [0, 0.05) is 28.9 Å². The molecule has 5 heteroatoms. The van der Waals surface area contributed by atoms with Crippen LogP contribution in [0.15, 0.2) is 11.4 Å². The predicted molar refractivity (Wildman–Crippen MR) is 72.7 cm³/mol. The van der Waals surface area contributed by atoms with Gasteiger partial charge in [-0.15, -0.1) is 11.3 Å². The van der Waals surface area contributed by atoms with E-state index in [0.717, 1.165) is 19.7 Å². The first-order valence-electron chi connectivity index (χ1n) is 6.12. The number of primary amides is 1. The lowest BCUT2D eigenvalue weighted by atomic mass is 10.0. The number of hydrogen-bond acceptors (Lipinski definition) is 4. The molecule has 0 radical (unpaired) electrons. The van der Waals surface area contributed by atoms with Gasteiger partial charge in [-0.1, -0.05) is 0 Å². The fourth-order valence-corrected chi connectivity index (χ4v) is 3.00. The standard InChI is InChI=1S/C13H20N2O2S/c1-9-5-15(13(2,3)8-17-9)6-11-4-10(7-18-11)12(14)16/h4,7,9H,5-6,8H2,1-3H3,(H2,14,16). The zero-order valence-corrected chi connectivity index (χ0v) is 11.9. The van der Waals surface area contributed by atoms with Crippen molar-refractivity contribution in [3.63, 3.8) is 0 Å². The van der Waals surface area contributed by atoms with Crippen molar-refractivity contribution >= 4 is 17.2 Å². The van der Waals surface area contributed by atoms with E-state index < -0.39 is 0 Å². The highest BCUT2D eigenvalue weighted by atomic mass is 32.1. The maximum atomic E-state index is 11.1. The number of carbonyl (C=O) groups excluding carboxylic acids is 1. The van der Waals surface area contributed by atoms with E-state index in [1.165, 1.54) is 4.88 Å². The molecular weight excluding hydrogens is 248 g/mol. The van der Waals surface area contributed by atoms with Gasteiger partial charge in [0.2, 0.25) is 5.91 Å². The molecule has 1 saturated heterocycles. The van der Waals surface area contributed by atoms with Gasteiger partial charge in [0.15, 0.2) is 0 Å². The number of amides is 1. The Morgan fingerprint density at radius 1 is 1.67 bits per heavy atom. The molecule has 2 rings (SSSR count). The van der Waals surface area contributed by atoms with Crippen molar-refractivity contribution in [3.8, 4) is 0 Å². The molecule has 1 aromatic heterocycles. The van der Waals surface area contributed by atoms with Crippen molar-refractivity contribution in [2.75, 3.05) is 13.2 Å². The molecule has 100 valence electrons. The summed E-state index contributed by atoms with van der Waals surface area (Å²) in [6.07, 6.45) is 0.258. The summed E-state index contributed by atoms with van der Waals surface area (Å²) in [4.78, 5) is 14.7. The van der Waals surface area contributed by atoms with E-state index in [-0.39, 0.29) is 17.6 Å². The third kappa shape index (κ3) is 2.91. The Bertz CT molecular complexity index is 442. The van der Waals surface area contributed by atoms with Gasteiger partial charge in [0.25, 0.3) is 0 Å². The smallest absolute Gasteiger partial charge is 0.249 e. The van der Waals surface area contributed by atoms with Gasteiger partial charge >= 0.3 is 0 Å². The second-order valence-corrected chi connectivity index (χ2v) is 6.48. The largest absolute Gasteiger partial charge is 0.375 e. The Labute approximate surface area is 112 Å². The molecule has 2 N–H and O–H groups in total. The summed E-state index contributed by atoms with van der Waals surface area (Å²) in [7, 11) is 0. The van der Waals surface area contributed by atoms with Crippen molar-refractivity contribution in [1.29, 1.82) is 0 Å². The highest BCUT2D eigenvalue weighted by Crippen LogP contribution is 2.26. The number of carbonyl (C=O) groups is 1. The average Bonchev–Trinajstić information content (AvgIpc) is 2.73. The Balaban J connectivity index is 2.08. The minimum absolute atomic E-state index is 0.0311. The van der Waals surface area contributed by atoms with Crippen LogP contribution < -0.4 is 5.73 Å². The van der Waals surface area contributed by atoms with Gasteiger partial charge in [-0.3, -0.25) is 9.69 Å². The molecule has 2 heterocycles. The van der Waals surface area contributed by atoms with Crippen molar-refractivity contribution in [3.05, 3.63) is 21.9 Å². The van der Waals surface area contributed by atoms with Crippen LogP contribution in [-0.4, -0.2) is 35.6 Å². The Morgan fingerprint density at radius 2 is 2.39 bits per heavy atom. The molecule has 1 aromatic rings. The Hall–Kier alpha value is -0.910. The Kier molecular flexibility index (Phi) is 3.75. The van der Waals surface area contributed by atoms with E-state index in [2.05, 4.69) is 25.7 Å². The lowest BCUT2D eigenvalue weighted by molar-refractivity contribution is -0.0946. The number of nitrogens with zero attached hydrogens (tertiary/aromatic N) is 1. The molecule has 1 unspecified atom stereocenters. The molecule has 0 aliphatic carbocycles. The van der Waals surface area contributed by atoms with Crippen LogP contribution in [0.5, 0.6) is 0 Å². The summed E-state index contributed by atoms with van der Waals surface area (Å²) in [5, 5.41) is 1.83. The predicted octanol–water partition coefficient (Wildman–Crippen LogP) is 1.85. The average molecular weight is 268 g/mol. The normalized spacial score (nSPS) is 24.1. The third-order valence-electron chi connectivity index (χ3n) is 3.34. The third-order valence-corrected chi connectivity index (χ3v) is 4.26. The molecule has 1 aliphatic heterocycles. The molecule has 0 bridgehead atoms. The molecule has 4 nitrogen and oxygen atoms in total.